The quantitative estimate of drug-likeness (QED) is 0.816. The van der Waals surface area contributed by atoms with Crippen LogP contribution in [0, 0.1) is 19.8 Å². The second kappa shape index (κ2) is 6.17. The maximum absolute atomic E-state index is 13.4. The second-order valence-electron chi connectivity index (χ2n) is 8.10. The fourth-order valence-electron chi connectivity index (χ4n) is 5.40. The molecule has 1 aromatic heterocycles. The molecule has 3 atom stereocenters. The summed E-state index contributed by atoms with van der Waals surface area (Å²) in [6.45, 7) is 7.30. The third kappa shape index (κ3) is 2.44. The number of carbonyl (C=O) groups is 1. The number of aromatic nitrogens is 1. The largest absolute Gasteiger partial charge is 0.332 e. The van der Waals surface area contributed by atoms with Crippen LogP contribution in [0.3, 0.4) is 0 Å². The molecule has 26 heavy (non-hydrogen) atoms. The molecule has 2 bridgehead atoms. The van der Waals surface area contributed by atoms with Gasteiger partial charge in [-0.2, -0.15) is 0 Å². The van der Waals surface area contributed by atoms with Crippen LogP contribution < -0.4 is 0 Å². The van der Waals surface area contributed by atoms with Crippen LogP contribution in [-0.4, -0.2) is 52.4 Å². The number of hydrogen-bond donors (Lipinski definition) is 0. The highest BCUT2D eigenvalue weighted by Gasteiger charge is 2.54. The van der Waals surface area contributed by atoms with E-state index in [4.69, 9.17) is 0 Å². The Balaban J connectivity index is 1.53. The minimum absolute atomic E-state index is 0.198. The lowest BCUT2D eigenvalue weighted by Gasteiger charge is -2.51. The van der Waals surface area contributed by atoms with Gasteiger partial charge in [-0.25, -0.2) is 4.98 Å². The van der Waals surface area contributed by atoms with Crippen molar-refractivity contribution in [1.82, 2.24) is 14.8 Å². The molecule has 4 saturated heterocycles. The summed E-state index contributed by atoms with van der Waals surface area (Å²) in [7, 11) is 0. The van der Waals surface area contributed by atoms with Gasteiger partial charge < -0.3 is 4.90 Å². The van der Waals surface area contributed by atoms with E-state index in [2.05, 4.69) is 46.0 Å². The number of hydrogen-bond acceptors (Lipinski definition) is 4. The minimum Gasteiger partial charge on any atom is -0.332 e. The number of nitrogens with zero attached hydrogens (tertiary/aromatic N) is 3. The molecule has 0 aliphatic carbocycles. The zero-order chi connectivity index (χ0) is 17.8. The van der Waals surface area contributed by atoms with Crippen molar-refractivity contribution in [2.75, 3.05) is 19.6 Å². The monoisotopic (exact) mass is 367 g/mol. The van der Waals surface area contributed by atoms with Crippen LogP contribution in [0.15, 0.2) is 29.8 Å². The number of benzene rings is 1. The Morgan fingerprint density at radius 2 is 1.85 bits per heavy atom. The van der Waals surface area contributed by atoms with Crippen LogP contribution in [0.2, 0.25) is 0 Å². The van der Waals surface area contributed by atoms with Crippen LogP contribution in [-0.2, 0) is 0 Å². The van der Waals surface area contributed by atoms with Gasteiger partial charge in [0.25, 0.3) is 5.91 Å². The van der Waals surface area contributed by atoms with Gasteiger partial charge in [0.05, 0.1) is 17.2 Å². The molecular weight excluding hydrogens is 342 g/mol. The number of rotatable bonds is 2. The molecule has 2 aromatic rings. The maximum atomic E-state index is 13.4. The van der Waals surface area contributed by atoms with E-state index >= 15 is 0 Å². The molecular formula is C21H25N3OS. The summed E-state index contributed by atoms with van der Waals surface area (Å²) < 4.78 is 0. The van der Waals surface area contributed by atoms with E-state index in [1.807, 2.05) is 6.92 Å². The van der Waals surface area contributed by atoms with Crippen molar-refractivity contribution >= 4 is 17.2 Å². The molecule has 5 heteroatoms. The van der Waals surface area contributed by atoms with Crippen LogP contribution >= 0.6 is 11.3 Å². The zero-order valence-electron chi connectivity index (χ0n) is 15.4. The fourth-order valence-corrected chi connectivity index (χ4v) is 6.16. The Hall–Kier alpha value is -1.72. The first-order valence-electron chi connectivity index (χ1n) is 9.65. The third-order valence-electron chi connectivity index (χ3n) is 6.70. The van der Waals surface area contributed by atoms with E-state index < -0.39 is 0 Å². The van der Waals surface area contributed by atoms with Crippen molar-refractivity contribution < 1.29 is 4.79 Å². The van der Waals surface area contributed by atoms with Crippen molar-refractivity contribution in [2.45, 2.75) is 44.7 Å². The van der Waals surface area contributed by atoms with Gasteiger partial charge in [-0.05, 0) is 51.3 Å². The summed E-state index contributed by atoms with van der Waals surface area (Å²) in [6.07, 6.45) is 2.46. The van der Waals surface area contributed by atoms with Gasteiger partial charge in [0.1, 0.15) is 4.88 Å². The normalized spacial score (nSPS) is 32.7. The minimum atomic E-state index is 0.198. The number of amides is 1. The highest BCUT2D eigenvalue weighted by Crippen LogP contribution is 2.47. The Labute approximate surface area is 158 Å². The van der Waals surface area contributed by atoms with Gasteiger partial charge in [0.15, 0.2) is 0 Å². The van der Waals surface area contributed by atoms with Gasteiger partial charge in [-0.3, -0.25) is 9.69 Å². The summed E-state index contributed by atoms with van der Waals surface area (Å²) in [4.78, 5) is 23.4. The lowest BCUT2D eigenvalue weighted by Crippen LogP contribution is -2.60. The molecule has 0 unspecified atom stereocenters. The summed E-state index contributed by atoms with van der Waals surface area (Å²) in [5, 5.41) is 0. The number of carbonyl (C=O) groups excluding carboxylic acids is 1. The molecule has 0 spiro atoms. The Morgan fingerprint density at radius 3 is 2.50 bits per heavy atom. The number of likely N-dealkylation sites (tertiary alicyclic amines) is 1. The molecule has 0 radical (unpaired) electrons. The summed E-state index contributed by atoms with van der Waals surface area (Å²) in [5.74, 6) is 1.27. The van der Waals surface area contributed by atoms with E-state index in [1.165, 1.54) is 48.4 Å². The van der Waals surface area contributed by atoms with E-state index in [0.717, 1.165) is 17.1 Å². The van der Waals surface area contributed by atoms with Gasteiger partial charge >= 0.3 is 0 Å². The van der Waals surface area contributed by atoms with Crippen LogP contribution in [0.25, 0.3) is 0 Å². The Morgan fingerprint density at radius 1 is 1.12 bits per heavy atom. The lowest BCUT2D eigenvalue weighted by atomic mass is 9.75. The van der Waals surface area contributed by atoms with Crippen molar-refractivity contribution in [1.29, 1.82) is 0 Å². The van der Waals surface area contributed by atoms with Crippen molar-refractivity contribution in [3.05, 3.63) is 51.5 Å². The van der Waals surface area contributed by atoms with Gasteiger partial charge in [0, 0.05) is 18.5 Å². The van der Waals surface area contributed by atoms with E-state index in [9.17, 15) is 4.79 Å². The first kappa shape index (κ1) is 16.5. The van der Waals surface area contributed by atoms with Crippen LogP contribution in [0.1, 0.15) is 45.3 Å². The van der Waals surface area contributed by atoms with E-state index in [1.54, 1.807) is 5.51 Å². The van der Waals surface area contributed by atoms with E-state index in [-0.39, 0.29) is 5.91 Å². The lowest BCUT2D eigenvalue weighted by molar-refractivity contribution is -0.00328. The number of thiazole rings is 1. The summed E-state index contributed by atoms with van der Waals surface area (Å²) >= 11 is 1.49. The van der Waals surface area contributed by atoms with E-state index in [0.29, 0.717) is 23.9 Å². The first-order chi connectivity index (χ1) is 12.6. The molecule has 0 saturated carbocycles. The SMILES string of the molecule is Cc1ccc([C@@H]2CN(C(=O)c3scnc3C)[C@H]3C4CCN(CC4)[C@@H]23)cc1. The summed E-state index contributed by atoms with van der Waals surface area (Å²) in [6, 6.07) is 9.79. The number of fused-ring (bicyclic) bond motifs is 2. The van der Waals surface area contributed by atoms with Crippen molar-refractivity contribution in [3.8, 4) is 0 Å². The molecule has 6 rings (SSSR count). The smallest absolute Gasteiger partial charge is 0.266 e. The maximum Gasteiger partial charge on any atom is 0.266 e. The van der Waals surface area contributed by atoms with Crippen molar-refractivity contribution in [2.24, 2.45) is 5.92 Å². The van der Waals surface area contributed by atoms with Gasteiger partial charge in [0.2, 0.25) is 0 Å². The van der Waals surface area contributed by atoms with Crippen LogP contribution in [0.4, 0.5) is 0 Å². The standard InChI is InChI=1S/C21H25N3OS/c1-13-3-5-15(6-4-13)17-11-24(21(25)20-14(2)22-12-26-20)18-16-7-9-23(10-8-16)19(17)18/h3-6,12,16-19H,7-11H2,1-2H3/t17-,18-,19-/m0/s1. The molecule has 4 aliphatic rings. The molecule has 0 N–H and O–H groups in total. The average molecular weight is 368 g/mol. The molecule has 4 nitrogen and oxygen atoms in total. The highest BCUT2D eigenvalue weighted by atomic mass is 32.1. The van der Waals surface area contributed by atoms with Gasteiger partial charge in [-0.15, -0.1) is 11.3 Å². The van der Waals surface area contributed by atoms with Crippen LogP contribution in [0.5, 0.6) is 0 Å². The summed E-state index contributed by atoms with van der Waals surface area (Å²) in [5.41, 5.74) is 5.34. The molecule has 4 aliphatic heterocycles. The predicted molar refractivity (Wildman–Crippen MR) is 104 cm³/mol. The second-order valence-corrected chi connectivity index (χ2v) is 8.95. The molecule has 136 valence electrons. The first-order valence-corrected chi connectivity index (χ1v) is 10.5. The van der Waals surface area contributed by atoms with Gasteiger partial charge in [-0.1, -0.05) is 29.8 Å². The molecule has 1 amide bonds. The molecule has 5 heterocycles. The predicted octanol–water partition coefficient (Wildman–Crippen LogP) is 3.46. The topological polar surface area (TPSA) is 36.4 Å². The Kier molecular flexibility index (Phi) is 3.90. The average Bonchev–Trinajstić information content (AvgIpc) is 3.28. The Bertz CT molecular complexity index is 822. The fraction of sp³-hybridized carbons (Fsp3) is 0.524. The van der Waals surface area contributed by atoms with Crippen molar-refractivity contribution in [3.63, 3.8) is 0 Å². The third-order valence-corrected chi connectivity index (χ3v) is 7.62. The molecule has 4 fully saturated rings. The number of aryl methyl sites for hydroxylation is 2. The number of piperidine rings is 3. The molecule has 1 aromatic carbocycles. The zero-order valence-corrected chi connectivity index (χ0v) is 16.2. The highest BCUT2D eigenvalue weighted by molar-refractivity contribution is 7.11.